The van der Waals surface area contributed by atoms with Gasteiger partial charge in [0.25, 0.3) is 0 Å². The molecule has 9 heavy (non-hydrogen) atoms. The number of rotatable bonds is 1. The molecule has 0 saturated heterocycles. The minimum Gasteiger partial charge on any atom is -0.449 e. The fourth-order valence-corrected chi connectivity index (χ4v) is 0.533. The van der Waals surface area contributed by atoms with Gasteiger partial charge in [-0.25, -0.2) is 5.53 Å². The molecule has 0 aromatic heterocycles. The number of nitrogens with zero attached hydrogens (tertiary/aromatic N) is 1. The van der Waals surface area contributed by atoms with Crippen molar-refractivity contribution >= 4 is 0 Å². The minimum absolute atomic E-state index is 0.304. The van der Waals surface area contributed by atoms with Crippen molar-refractivity contribution in [2.75, 3.05) is 0 Å². The summed E-state index contributed by atoms with van der Waals surface area (Å²) in [5, 5.41) is 3.12. The van der Waals surface area contributed by atoms with E-state index in [0.717, 1.165) is 0 Å². The molecule has 0 spiro atoms. The first kappa shape index (κ1) is 5.81. The number of allylic oxidation sites excluding steroid dienone is 2. The van der Waals surface area contributed by atoms with Gasteiger partial charge in [-0.05, 0) is 12.2 Å². The first-order chi connectivity index (χ1) is 4.33. The number of nitrogens with one attached hydrogen (secondary N) is 1. The maximum atomic E-state index is 6.55. The summed E-state index contributed by atoms with van der Waals surface area (Å²) in [6.45, 7) is 0. The van der Waals surface area contributed by atoms with Crippen molar-refractivity contribution in [3.8, 4) is 0 Å². The second-order valence-electron chi connectivity index (χ2n) is 1.59. The van der Waals surface area contributed by atoms with Crippen LogP contribution in [0.3, 0.4) is 0 Å². The lowest BCUT2D eigenvalue weighted by atomic mass is 10.4. The fourth-order valence-electron chi connectivity index (χ4n) is 0.533. The molecule has 1 heterocycles. The number of ether oxygens (including phenoxy) is 1. The molecule has 0 bridgehead atoms. The highest BCUT2D eigenvalue weighted by molar-refractivity contribution is 5.11. The predicted octanol–water partition coefficient (Wildman–Crippen LogP) is 0.730. The lowest BCUT2D eigenvalue weighted by Crippen LogP contribution is -2.13. The topological polar surface area (TPSA) is 71.5 Å². The van der Waals surface area contributed by atoms with Crippen molar-refractivity contribution in [3.63, 3.8) is 0 Å². The van der Waals surface area contributed by atoms with E-state index < -0.39 is 6.23 Å². The summed E-state index contributed by atoms with van der Waals surface area (Å²) in [5.74, 6) is 0.304. The van der Waals surface area contributed by atoms with E-state index >= 15 is 0 Å². The molecule has 1 atom stereocenters. The van der Waals surface area contributed by atoms with Gasteiger partial charge in [0.2, 0.25) is 6.23 Å². The Balaban J connectivity index is 2.61. The average Bonchev–Trinajstić information content (AvgIpc) is 1.88. The highest BCUT2D eigenvalue weighted by atomic mass is 16.5. The quantitative estimate of drug-likeness (QED) is 0.507. The molecule has 48 valence electrons. The summed E-state index contributed by atoms with van der Waals surface area (Å²) in [6, 6.07) is 0. The van der Waals surface area contributed by atoms with Crippen molar-refractivity contribution in [1.29, 1.82) is 5.53 Å². The Morgan fingerprint density at radius 2 is 2.56 bits per heavy atom. The molecule has 1 aliphatic rings. The zero-order valence-electron chi connectivity index (χ0n) is 4.74. The van der Waals surface area contributed by atoms with E-state index in [4.69, 9.17) is 16.0 Å². The second-order valence-corrected chi connectivity index (χ2v) is 1.59. The lowest BCUT2D eigenvalue weighted by molar-refractivity contribution is 0.147. The molecule has 1 unspecified atom stereocenters. The largest absolute Gasteiger partial charge is 0.449 e. The summed E-state index contributed by atoms with van der Waals surface area (Å²) in [6.07, 6.45) is 4.45. The van der Waals surface area contributed by atoms with Crippen LogP contribution in [-0.4, -0.2) is 6.23 Å². The van der Waals surface area contributed by atoms with Gasteiger partial charge in [0.1, 0.15) is 0 Å². The van der Waals surface area contributed by atoms with Crippen molar-refractivity contribution in [2.45, 2.75) is 6.23 Å². The van der Waals surface area contributed by atoms with Crippen molar-refractivity contribution in [2.24, 2.45) is 10.8 Å². The highest BCUT2D eigenvalue weighted by Crippen LogP contribution is 2.05. The molecule has 3 N–H and O–H groups in total. The second kappa shape index (κ2) is 2.30. The first-order valence-electron chi connectivity index (χ1n) is 2.50. The van der Waals surface area contributed by atoms with Crippen molar-refractivity contribution < 1.29 is 4.74 Å². The summed E-state index contributed by atoms with van der Waals surface area (Å²) in [7, 11) is 0. The molecule has 0 amide bonds. The van der Waals surface area contributed by atoms with Gasteiger partial charge < -0.3 is 10.5 Å². The van der Waals surface area contributed by atoms with Crippen molar-refractivity contribution in [1.82, 2.24) is 0 Å². The van der Waals surface area contributed by atoms with Gasteiger partial charge in [-0.15, -0.1) is 5.11 Å². The van der Waals surface area contributed by atoms with Crippen LogP contribution in [-0.2, 0) is 4.74 Å². The Morgan fingerprint density at radius 1 is 1.78 bits per heavy atom. The molecule has 0 radical (unpaired) electrons. The van der Waals surface area contributed by atoms with Crippen LogP contribution in [0.5, 0.6) is 0 Å². The van der Waals surface area contributed by atoms with Crippen molar-refractivity contribution in [3.05, 3.63) is 24.1 Å². The maximum Gasteiger partial charge on any atom is 0.229 e. The van der Waals surface area contributed by atoms with E-state index in [0.29, 0.717) is 5.88 Å². The molecule has 1 rings (SSSR count). The van der Waals surface area contributed by atoms with Gasteiger partial charge in [0.15, 0.2) is 5.88 Å². The van der Waals surface area contributed by atoms with Crippen LogP contribution in [0.1, 0.15) is 0 Å². The number of hydrogen-bond acceptors (Lipinski definition) is 4. The maximum absolute atomic E-state index is 6.55. The lowest BCUT2D eigenvalue weighted by Gasteiger charge is -2.11. The smallest absolute Gasteiger partial charge is 0.229 e. The molecule has 4 nitrogen and oxygen atoms in total. The molecule has 0 saturated carbocycles. The Hall–Kier alpha value is -1.32. The summed E-state index contributed by atoms with van der Waals surface area (Å²) in [4.78, 5) is 0. The van der Waals surface area contributed by atoms with Gasteiger partial charge in [-0.1, -0.05) is 6.08 Å². The molecule has 0 aromatic rings. The molecular formula is C5H7N3O. The van der Waals surface area contributed by atoms with Crippen LogP contribution in [0.2, 0.25) is 0 Å². The zero-order chi connectivity index (χ0) is 6.69. The van der Waals surface area contributed by atoms with Crippen LogP contribution >= 0.6 is 0 Å². The Morgan fingerprint density at radius 3 is 3.00 bits per heavy atom. The minimum atomic E-state index is -0.519. The van der Waals surface area contributed by atoms with Crippen LogP contribution in [0.15, 0.2) is 29.2 Å². The fraction of sp³-hybridized carbons (Fsp3) is 0.200. The Bertz CT molecular complexity index is 173. The van der Waals surface area contributed by atoms with E-state index in [-0.39, 0.29) is 0 Å². The van der Waals surface area contributed by atoms with Crippen LogP contribution in [0.4, 0.5) is 0 Å². The van der Waals surface area contributed by atoms with E-state index in [1.54, 1.807) is 18.2 Å². The molecular weight excluding hydrogens is 118 g/mol. The average molecular weight is 125 g/mol. The summed E-state index contributed by atoms with van der Waals surface area (Å²) < 4.78 is 4.83. The van der Waals surface area contributed by atoms with Gasteiger partial charge >= 0.3 is 0 Å². The highest BCUT2D eigenvalue weighted by Gasteiger charge is 2.05. The third-order valence-corrected chi connectivity index (χ3v) is 0.920. The Kier molecular flexibility index (Phi) is 1.48. The predicted molar refractivity (Wildman–Crippen MR) is 31.4 cm³/mol. The van der Waals surface area contributed by atoms with Crippen LogP contribution < -0.4 is 5.73 Å². The molecule has 0 fully saturated rings. The third kappa shape index (κ3) is 1.28. The standard InChI is InChI=1S/C5H7N3O/c6-4-2-1-3-5(8-7)9-4/h1-3,5,7H,6H2. The normalized spacial score (nSPS) is 24.4. The first-order valence-corrected chi connectivity index (χ1v) is 2.50. The van der Waals surface area contributed by atoms with E-state index in [1.165, 1.54) is 0 Å². The summed E-state index contributed by atoms with van der Waals surface area (Å²) in [5.41, 5.74) is 11.8. The van der Waals surface area contributed by atoms with Gasteiger partial charge in [-0.3, -0.25) is 0 Å². The van der Waals surface area contributed by atoms with Crippen LogP contribution in [0, 0.1) is 5.53 Å². The molecule has 0 aromatic carbocycles. The number of nitrogens with two attached hydrogens (primary N) is 1. The molecule has 1 aliphatic heterocycles. The zero-order valence-corrected chi connectivity index (χ0v) is 4.74. The number of hydrogen-bond donors (Lipinski definition) is 2. The van der Waals surface area contributed by atoms with Gasteiger partial charge in [0, 0.05) is 0 Å². The van der Waals surface area contributed by atoms with Crippen LogP contribution in [0.25, 0.3) is 0 Å². The third-order valence-electron chi connectivity index (χ3n) is 0.920. The monoisotopic (exact) mass is 125 g/mol. The van der Waals surface area contributed by atoms with E-state index in [2.05, 4.69) is 5.11 Å². The van der Waals surface area contributed by atoms with E-state index in [1.807, 2.05) is 0 Å². The SMILES string of the molecule is N=NC1C=CC=C(N)O1. The van der Waals surface area contributed by atoms with Gasteiger partial charge in [0.05, 0.1) is 0 Å². The molecule has 0 aliphatic carbocycles. The van der Waals surface area contributed by atoms with Gasteiger partial charge in [-0.2, -0.15) is 0 Å². The molecule has 4 heteroatoms. The Labute approximate surface area is 52.5 Å². The van der Waals surface area contributed by atoms with E-state index in [9.17, 15) is 0 Å². The summed E-state index contributed by atoms with van der Waals surface area (Å²) >= 11 is 0.